The quantitative estimate of drug-likeness (QED) is 0.396. The second kappa shape index (κ2) is 11.0. The van der Waals surface area contributed by atoms with Crippen LogP contribution < -0.4 is 9.64 Å². The molecule has 2 aliphatic rings. The molecule has 2 aromatic carbocycles. The van der Waals surface area contributed by atoms with Gasteiger partial charge in [-0.05, 0) is 63.1 Å². The normalized spacial score (nSPS) is 22.9. The van der Waals surface area contributed by atoms with Gasteiger partial charge in [0.25, 0.3) is 0 Å². The summed E-state index contributed by atoms with van der Waals surface area (Å²) in [5, 5.41) is 5.49. The second-order valence-corrected chi connectivity index (χ2v) is 10.8. The predicted molar refractivity (Wildman–Crippen MR) is 143 cm³/mol. The Bertz CT molecular complexity index is 1130. The molecule has 7 nitrogen and oxygen atoms in total. The fraction of sp³-hybridized carbons (Fsp3) is 0.481. The van der Waals surface area contributed by atoms with Gasteiger partial charge >= 0.3 is 0 Å². The van der Waals surface area contributed by atoms with Crippen LogP contribution in [0.1, 0.15) is 32.3 Å². The van der Waals surface area contributed by atoms with Gasteiger partial charge in [-0.3, -0.25) is 4.90 Å². The van der Waals surface area contributed by atoms with E-state index in [1.54, 1.807) is 17.1 Å². The summed E-state index contributed by atoms with van der Waals surface area (Å²) in [7, 11) is 0. The number of halogens is 2. The van der Waals surface area contributed by atoms with Crippen LogP contribution in [-0.4, -0.2) is 64.6 Å². The summed E-state index contributed by atoms with van der Waals surface area (Å²) in [5.74, 6) is 0.849. The van der Waals surface area contributed by atoms with Gasteiger partial charge in [-0.1, -0.05) is 29.3 Å². The van der Waals surface area contributed by atoms with Crippen molar-refractivity contribution >= 4 is 28.9 Å². The molecular weight excluding hydrogens is 497 g/mol. The Balaban J connectivity index is 1.21. The maximum Gasteiger partial charge on any atom is 0.137 e. The van der Waals surface area contributed by atoms with Gasteiger partial charge in [0.05, 0.1) is 12.6 Å². The van der Waals surface area contributed by atoms with Gasteiger partial charge in [-0.2, -0.15) is 5.10 Å². The van der Waals surface area contributed by atoms with Crippen LogP contribution in [0.3, 0.4) is 0 Å². The molecular formula is C27H33Cl2N5O2. The van der Waals surface area contributed by atoms with Gasteiger partial charge in [0.1, 0.15) is 30.6 Å². The maximum absolute atomic E-state index is 6.65. The van der Waals surface area contributed by atoms with Crippen molar-refractivity contribution in [2.24, 2.45) is 0 Å². The highest BCUT2D eigenvalue weighted by Crippen LogP contribution is 2.44. The van der Waals surface area contributed by atoms with Crippen LogP contribution in [0, 0.1) is 0 Å². The second-order valence-electron chi connectivity index (χ2n) is 9.91. The third-order valence-electron chi connectivity index (χ3n) is 7.25. The minimum Gasteiger partial charge on any atom is -0.491 e. The summed E-state index contributed by atoms with van der Waals surface area (Å²) in [6.07, 6.45) is 4.81. The minimum absolute atomic E-state index is 0.0657. The van der Waals surface area contributed by atoms with Crippen molar-refractivity contribution in [3.05, 3.63) is 70.7 Å². The molecule has 0 N–H and O–H groups in total. The van der Waals surface area contributed by atoms with Gasteiger partial charge in [0.15, 0.2) is 0 Å². The third-order valence-corrected chi connectivity index (χ3v) is 7.80. The number of nitrogens with zero attached hydrogens (tertiary/aromatic N) is 5. The van der Waals surface area contributed by atoms with E-state index in [1.807, 2.05) is 12.1 Å². The molecule has 0 spiro atoms. The van der Waals surface area contributed by atoms with Crippen LogP contribution in [0.15, 0.2) is 55.1 Å². The van der Waals surface area contributed by atoms with Gasteiger partial charge in [0, 0.05) is 53.5 Å². The van der Waals surface area contributed by atoms with Crippen molar-refractivity contribution in [3.63, 3.8) is 0 Å². The lowest BCUT2D eigenvalue weighted by molar-refractivity contribution is -0.0715. The van der Waals surface area contributed by atoms with E-state index >= 15 is 0 Å². The molecule has 9 heteroatoms. The standard InChI is InChI=1S/C27H33Cl2N5O2/c1-20(2)32-11-13-33(14-12-32)22-4-6-23(7-5-22)35-16-24-9-10-27(36-24,17-34-19-30-18-31-34)25-8-3-21(28)15-26(25)29/h3-8,15,18-20,24H,9-14,16-17H2,1-2H3/t24-,27+/m0/s1. The summed E-state index contributed by atoms with van der Waals surface area (Å²) >= 11 is 12.8. The average Bonchev–Trinajstić information content (AvgIpc) is 3.54. The fourth-order valence-electron chi connectivity index (χ4n) is 5.22. The molecule has 0 amide bonds. The highest BCUT2D eigenvalue weighted by Gasteiger charge is 2.44. The highest BCUT2D eigenvalue weighted by molar-refractivity contribution is 6.35. The average molecular weight is 530 g/mol. The lowest BCUT2D eigenvalue weighted by Crippen LogP contribution is -2.48. The number of ether oxygens (including phenoxy) is 2. The first-order valence-electron chi connectivity index (χ1n) is 12.6. The Morgan fingerprint density at radius 3 is 2.53 bits per heavy atom. The molecule has 3 aromatic rings. The first-order valence-corrected chi connectivity index (χ1v) is 13.3. The lowest BCUT2D eigenvalue weighted by atomic mass is 9.90. The highest BCUT2D eigenvalue weighted by atomic mass is 35.5. The van der Waals surface area contributed by atoms with E-state index in [4.69, 9.17) is 32.7 Å². The van der Waals surface area contributed by atoms with Gasteiger partial charge < -0.3 is 14.4 Å². The van der Waals surface area contributed by atoms with Crippen molar-refractivity contribution in [2.45, 2.75) is 51.0 Å². The molecule has 0 bridgehead atoms. The topological polar surface area (TPSA) is 55.7 Å². The Kier molecular flexibility index (Phi) is 7.72. The number of piperazine rings is 1. The van der Waals surface area contributed by atoms with Crippen molar-refractivity contribution in [3.8, 4) is 5.75 Å². The Morgan fingerprint density at radius 2 is 1.86 bits per heavy atom. The molecule has 0 saturated carbocycles. The number of rotatable bonds is 8. The van der Waals surface area contributed by atoms with Crippen LogP contribution in [0.25, 0.3) is 0 Å². The number of hydrogen-bond acceptors (Lipinski definition) is 6. The minimum atomic E-state index is -0.620. The summed E-state index contributed by atoms with van der Waals surface area (Å²) in [5.41, 5.74) is 1.53. The third kappa shape index (κ3) is 5.65. The summed E-state index contributed by atoms with van der Waals surface area (Å²) in [4.78, 5) is 9.05. The van der Waals surface area contributed by atoms with Crippen LogP contribution in [0.4, 0.5) is 5.69 Å². The molecule has 192 valence electrons. The fourth-order valence-corrected chi connectivity index (χ4v) is 5.80. The first-order chi connectivity index (χ1) is 17.4. The Labute approximate surface area is 222 Å². The van der Waals surface area contributed by atoms with E-state index in [-0.39, 0.29) is 6.10 Å². The van der Waals surface area contributed by atoms with E-state index in [2.05, 4.69) is 58.0 Å². The van der Waals surface area contributed by atoms with Gasteiger partial charge in [0.2, 0.25) is 0 Å². The Morgan fingerprint density at radius 1 is 1.08 bits per heavy atom. The number of aromatic nitrogens is 3. The molecule has 2 aliphatic heterocycles. The predicted octanol–water partition coefficient (Wildman–Crippen LogP) is 5.27. The number of hydrogen-bond donors (Lipinski definition) is 0. The molecule has 1 aromatic heterocycles. The number of benzene rings is 2. The number of anilines is 1. The van der Waals surface area contributed by atoms with Crippen molar-refractivity contribution in [1.82, 2.24) is 19.7 Å². The zero-order chi connectivity index (χ0) is 25.1. The molecule has 2 saturated heterocycles. The van der Waals surface area contributed by atoms with E-state index in [1.165, 1.54) is 12.0 Å². The molecule has 0 radical (unpaired) electrons. The zero-order valence-corrected chi connectivity index (χ0v) is 22.3. The van der Waals surface area contributed by atoms with E-state index < -0.39 is 5.60 Å². The first kappa shape index (κ1) is 25.3. The Hall–Kier alpha value is -2.32. The largest absolute Gasteiger partial charge is 0.491 e. The molecule has 0 aliphatic carbocycles. The van der Waals surface area contributed by atoms with E-state index in [9.17, 15) is 0 Å². The molecule has 2 fully saturated rings. The van der Waals surface area contributed by atoms with Crippen LogP contribution in [0.2, 0.25) is 10.0 Å². The zero-order valence-electron chi connectivity index (χ0n) is 20.8. The summed E-state index contributed by atoms with van der Waals surface area (Å²) in [6.45, 7) is 9.81. The van der Waals surface area contributed by atoms with Gasteiger partial charge in [-0.25, -0.2) is 9.67 Å². The molecule has 0 unspecified atom stereocenters. The molecule has 36 heavy (non-hydrogen) atoms. The molecule has 3 heterocycles. The van der Waals surface area contributed by atoms with Crippen molar-refractivity contribution in [2.75, 3.05) is 37.7 Å². The maximum atomic E-state index is 6.65. The van der Waals surface area contributed by atoms with Crippen molar-refractivity contribution < 1.29 is 9.47 Å². The van der Waals surface area contributed by atoms with Crippen molar-refractivity contribution in [1.29, 1.82) is 0 Å². The van der Waals surface area contributed by atoms with Gasteiger partial charge in [-0.15, -0.1) is 0 Å². The van der Waals surface area contributed by atoms with Crippen LogP contribution in [0.5, 0.6) is 5.75 Å². The SMILES string of the molecule is CC(C)N1CCN(c2ccc(OC[C@@H]3CC[C@@](Cn4cncn4)(c4ccc(Cl)cc4Cl)O3)cc2)CC1. The summed E-state index contributed by atoms with van der Waals surface area (Å²) in [6, 6.07) is 14.6. The molecule has 5 rings (SSSR count). The van der Waals surface area contributed by atoms with Crippen LogP contribution >= 0.6 is 23.2 Å². The molecule has 2 atom stereocenters. The van der Waals surface area contributed by atoms with E-state index in [0.29, 0.717) is 29.2 Å². The lowest BCUT2D eigenvalue weighted by Gasteiger charge is -2.38. The monoisotopic (exact) mass is 529 g/mol. The van der Waals surface area contributed by atoms with Crippen LogP contribution in [-0.2, 0) is 16.9 Å². The van der Waals surface area contributed by atoms with E-state index in [0.717, 1.165) is 50.3 Å². The smallest absolute Gasteiger partial charge is 0.137 e. The summed E-state index contributed by atoms with van der Waals surface area (Å²) < 4.78 is 14.6.